The van der Waals surface area contributed by atoms with Crippen molar-refractivity contribution in [2.75, 3.05) is 33.3 Å². The third-order valence-electron chi connectivity index (χ3n) is 3.30. The summed E-state index contributed by atoms with van der Waals surface area (Å²) >= 11 is 0. The molecular weight excluding hydrogens is 300 g/mol. The molecule has 1 saturated heterocycles. The Morgan fingerprint density at radius 2 is 2.00 bits per heavy atom. The predicted octanol–water partition coefficient (Wildman–Crippen LogP) is 1.41. The fraction of sp³-hybridized carbons (Fsp3) is 0.538. The van der Waals surface area contributed by atoms with Crippen molar-refractivity contribution in [2.45, 2.75) is 18.2 Å². The normalized spacial score (nSPS) is 17.1. The summed E-state index contributed by atoms with van der Waals surface area (Å²) in [5.41, 5.74) is 0.719. The Kier molecular flexibility index (Phi) is 6.26. The molecule has 0 bridgehead atoms. The lowest BCUT2D eigenvalue weighted by molar-refractivity contribution is 0.413. The van der Waals surface area contributed by atoms with E-state index in [0.717, 1.165) is 18.5 Å². The Hall–Kier alpha value is -0.820. The molecule has 1 aliphatic rings. The van der Waals surface area contributed by atoms with Gasteiger partial charge in [0.1, 0.15) is 5.75 Å². The van der Waals surface area contributed by atoms with E-state index in [4.69, 9.17) is 4.74 Å². The maximum atomic E-state index is 12.6. The zero-order valence-corrected chi connectivity index (χ0v) is 13.4. The van der Waals surface area contributed by atoms with Crippen LogP contribution in [0.15, 0.2) is 23.1 Å². The van der Waals surface area contributed by atoms with Gasteiger partial charge in [-0.25, -0.2) is 8.42 Å². The minimum atomic E-state index is -3.40. The first kappa shape index (κ1) is 17.2. The van der Waals surface area contributed by atoms with E-state index >= 15 is 0 Å². The number of sulfonamides is 1. The van der Waals surface area contributed by atoms with Gasteiger partial charge in [0.15, 0.2) is 0 Å². The number of rotatable bonds is 3. The lowest BCUT2D eigenvalue weighted by atomic mass is 10.2. The van der Waals surface area contributed by atoms with Gasteiger partial charge in [-0.15, -0.1) is 12.4 Å². The van der Waals surface area contributed by atoms with Crippen LogP contribution in [0.3, 0.4) is 0 Å². The van der Waals surface area contributed by atoms with Gasteiger partial charge in [0, 0.05) is 19.6 Å². The molecule has 1 N–H and O–H groups in total. The van der Waals surface area contributed by atoms with Crippen LogP contribution in [-0.2, 0) is 10.0 Å². The molecule has 0 saturated carbocycles. The van der Waals surface area contributed by atoms with Gasteiger partial charge in [0.2, 0.25) is 10.0 Å². The quantitative estimate of drug-likeness (QED) is 0.915. The summed E-state index contributed by atoms with van der Waals surface area (Å²) in [6.45, 7) is 4.46. The van der Waals surface area contributed by atoms with Crippen molar-refractivity contribution in [1.29, 1.82) is 0 Å². The standard InChI is InChI=1S/C13H20N2O3S.ClH/c1-11-10-12(18-2)4-5-13(11)19(16,17)15-8-3-6-14-7-9-15;/h4-5,10,14H,3,6-9H2,1-2H3;1H. The minimum absolute atomic E-state index is 0. The van der Waals surface area contributed by atoms with Gasteiger partial charge in [-0.2, -0.15) is 4.31 Å². The van der Waals surface area contributed by atoms with Crippen LogP contribution < -0.4 is 10.1 Å². The molecule has 114 valence electrons. The lowest BCUT2D eigenvalue weighted by Gasteiger charge is -2.21. The van der Waals surface area contributed by atoms with E-state index in [9.17, 15) is 8.42 Å². The first-order valence-electron chi connectivity index (χ1n) is 6.41. The molecular formula is C13H21ClN2O3S. The highest BCUT2D eigenvalue weighted by atomic mass is 35.5. The zero-order chi connectivity index (χ0) is 13.9. The van der Waals surface area contributed by atoms with E-state index in [1.54, 1.807) is 36.5 Å². The highest BCUT2D eigenvalue weighted by molar-refractivity contribution is 7.89. The van der Waals surface area contributed by atoms with E-state index in [2.05, 4.69) is 5.32 Å². The van der Waals surface area contributed by atoms with Crippen molar-refractivity contribution in [2.24, 2.45) is 0 Å². The summed E-state index contributed by atoms with van der Waals surface area (Å²) in [5, 5.41) is 3.21. The van der Waals surface area contributed by atoms with Crippen LogP contribution in [0.5, 0.6) is 5.75 Å². The van der Waals surface area contributed by atoms with Crippen molar-refractivity contribution in [3.05, 3.63) is 23.8 Å². The predicted molar refractivity (Wildman–Crippen MR) is 81.2 cm³/mol. The number of ether oxygens (including phenoxy) is 1. The van der Waals surface area contributed by atoms with Crippen molar-refractivity contribution < 1.29 is 13.2 Å². The number of hydrogen-bond acceptors (Lipinski definition) is 4. The van der Waals surface area contributed by atoms with E-state index in [-0.39, 0.29) is 12.4 Å². The largest absolute Gasteiger partial charge is 0.497 e. The van der Waals surface area contributed by atoms with E-state index < -0.39 is 10.0 Å². The molecule has 2 rings (SSSR count). The Morgan fingerprint density at radius 3 is 2.65 bits per heavy atom. The Bertz CT molecular complexity index is 541. The van der Waals surface area contributed by atoms with Crippen LogP contribution >= 0.6 is 12.4 Å². The molecule has 0 radical (unpaired) electrons. The maximum absolute atomic E-state index is 12.6. The number of benzene rings is 1. The van der Waals surface area contributed by atoms with E-state index in [1.165, 1.54) is 0 Å². The van der Waals surface area contributed by atoms with Crippen molar-refractivity contribution in [3.8, 4) is 5.75 Å². The van der Waals surface area contributed by atoms with E-state index in [0.29, 0.717) is 30.3 Å². The van der Waals surface area contributed by atoms with Crippen LogP contribution in [0.1, 0.15) is 12.0 Å². The van der Waals surface area contributed by atoms with Gasteiger partial charge >= 0.3 is 0 Å². The van der Waals surface area contributed by atoms with Gasteiger partial charge < -0.3 is 10.1 Å². The van der Waals surface area contributed by atoms with Gasteiger partial charge in [-0.05, 0) is 43.7 Å². The fourth-order valence-corrected chi connectivity index (χ4v) is 3.92. The third kappa shape index (κ3) is 3.63. The molecule has 0 atom stereocenters. The monoisotopic (exact) mass is 320 g/mol. The van der Waals surface area contributed by atoms with E-state index in [1.807, 2.05) is 0 Å². The molecule has 20 heavy (non-hydrogen) atoms. The molecule has 7 heteroatoms. The first-order chi connectivity index (χ1) is 9.05. The number of hydrogen-bond donors (Lipinski definition) is 1. The van der Waals surface area contributed by atoms with Gasteiger partial charge in [0.25, 0.3) is 0 Å². The lowest BCUT2D eigenvalue weighted by Crippen LogP contribution is -2.34. The fourth-order valence-electron chi connectivity index (χ4n) is 2.24. The van der Waals surface area contributed by atoms with Crippen molar-refractivity contribution >= 4 is 22.4 Å². The Morgan fingerprint density at radius 1 is 1.25 bits per heavy atom. The summed E-state index contributed by atoms with van der Waals surface area (Å²) in [7, 11) is -1.83. The third-order valence-corrected chi connectivity index (χ3v) is 5.36. The molecule has 0 spiro atoms. The molecule has 0 aliphatic carbocycles. The molecule has 0 amide bonds. The maximum Gasteiger partial charge on any atom is 0.243 e. The molecule has 1 aromatic carbocycles. The molecule has 1 aromatic rings. The molecule has 5 nitrogen and oxygen atoms in total. The number of nitrogens with zero attached hydrogens (tertiary/aromatic N) is 1. The summed E-state index contributed by atoms with van der Waals surface area (Å²) < 4.78 is 31.9. The molecule has 0 unspecified atom stereocenters. The van der Waals surface area contributed by atoms with Gasteiger partial charge in [-0.1, -0.05) is 0 Å². The van der Waals surface area contributed by atoms with Crippen LogP contribution in [0.4, 0.5) is 0 Å². The number of aryl methyl sites for hydroxylation is 1. The Labute approximate surface area is 126 Å². The first-order valence-corrected chi connectivity index (χ1v) is 7.85. The molecule has 1 fully saturated rings. The minimum Gasteiger partial charge on any atom is -0.497 e. The highest BCUT2D eigenvalue weighted by Crippen LogP contribution is 2.24. The zero-order valence-electron chi connectivity index (χ0n) is 11.8. The highest BCUT2D eigenvalue weighted by Gasteiger charge is 2.26. The summed E-state index contributed by atoms with van der Waals surface area (Å²) in [5.74, 6) is 0.675. The average molecular weight is 321 g/mol. The second kappa shape index (κ2) is 7.26. The number of halogens is 1. The molecule has 1 heterocycles. The summed E-state index contributed by atoms with van der Waals surface area (Å²) in [6, 6.07) is 5.07. The Balaban J connectivity index is 0.00000200. The van der Waals surface area contributed by atoms with Crippen molar-refractivity contribution in [1.82, 2.24) is 9.62 Å². The SMILES string of the molecule is COc1ccc(S(=O)(=O)N2CCCNCC2)c(C)c1.Cl. The average Bonchev–Trinajstić information content (AvgIpc) is 2.67. The number of methoxy groups -OCH3 is 1. The topological polar surface area (TPSA) is 58.6 Å². The van der Waals surface area contributed by atoms with Crippen LogP contribution in [0, 0.1) is 6.92 Å². The summed E-state index contributed by atoms with van der Waals surface area (Å²) in [6.07, 6.45) is 0.842. The summed E-state index contributed by atoms with van der Waals surface area (Å²) in [4.78, 5) is 0.371. The number of nitrogens with one attached hydrogen (secondary N) is 1. The second-order valence-electron chi connectivity index (χ2n) is 4.64. The van der Waals surface area contributed by atoms with Crippen LogP contribution in [-0.4, -0.2) is 46.0 Å². The van der Waals surface area contributed by atoms with Crippen LogP contribution in [0.2, 0.25) is 0 Å². The smallest absolute Gasteiger partial charge is 0.243 e. The van der Waals surface area contributed by atoms with Crippen molar-refractivity contribution in [3.63, 3.8) is 0 Å². The molecule has 0 aromatic heterocycles. The van der Waals surface area contributed by atoms with Gasteiger partial charge in [-0.3, -0.25) is 0 Å². The van der Waals surface area contributed by atoms with Gasteiger partial charge in [0.05, 0.1) is 12.0 Å². The second-order valence-corrected chi connectivity index (χ2v) is 6.55. The van der Waals surface area contributed by atoms with Crippen LogP contribution in [0.25, 0.3) is 0 Å². The molecule has 1 aliphatic heterocycles.